The number of nitrogens with zero attached hydrogens (tertiary/aromatic N) is 1. The zero-order chi connectivity index (χ0) is 17.5. The monoisotopic (exact) mass is 408 g/mol. The van der Waals surface area contributed by atoms with Crippen molar-refractivity contribution in [1.82, 2.24) is 4.31 Å². The highest BCUT2D eigenvalue weighted by molar-refractivity contribution is 9.10. The van der Waals surface area contributed by atoms with Crippen LogP contribution in [0.5, 0.6) is 0 Å². The summed E-state index contributed by atoms with van der Waals surface area (Å²) in [6.45, 7) is 1.38. The molecule has 0 unspecified atom stereocenters. The maximum absolute atomic E-state index is 12.6. The molecule has 0 saturated carbocycles. The average Bonchev–Trinajstić information content (AvgIpc) is 2.74. The average molecular weight is 409 g/mol. The van der Waals surface area contributed by atoms with E-state index in [1.54, 1.807) is 36.4 Å². The van der Waals surface area contributed by atoms with Crippen LogP contribution >= 0.6 is 15.9 Å². The Bertz CT molecular complexity index is 943. The van der Waals surface area contributed by atoms with E-state index in [0.717, 1.165) is 4.47 Å². The van der Waals surface area contributed by atoms with Crippen LogP contribution < -0.4 is 5.32 Å². The summed E-state index contributed by atoms with van der Waals surface area (Å²) in [6.07, 6.45) is 0. The third-order valence-corrected chi connectivity index (χ3v) is 6.08. The van der Waals surface area contributed by atoms with Gasteiger partial charge in [0.1, 0.15) is 10.9 Å². The number of benzene rings is 2. The molecule has 0 saturated heterocycles. The number of hydrogen-bond acceptors (Lipinski definition) is 4. The lowest BCUT2D eigenvalue weighted by atomic mass is 10.2. The highest BCUT2D eigenvalue weighted by atomic mass is 79.9. The highest BCUT2D eigenvalue weighted by Gasteiger charge is 2.45. The van der Waals surface area contributed by atoms with Crippen molar-refractivity contribution in [2.24, 2.45) is 0 Å². The molecule has 0 bridgehead atoms. The number of nitrogens with one attached hydrogen (secondary N) is 1. The number of sulfonamides is 1. The van der Waals surface area contributed by atoms with Gasteiger partial charge < -0.3 is 5.32 Å². The third-order valence-electron chi connectivity index (χ3n) is 3.68. The zero-order valence-corrected chi connectivity index (χ0v) is 15.0. The van der Waals surface area contributed by atoms with Crippen LogP contribution in [0.3, 0.4) is 0 Å². The van der Waals surface area contributed by atoms with Gasteiger partial charge in [0.2, 0.25) is 5.91 Å². The maximum Gasteiger partial charge on any atom is 0.269 e. The summed E-state index contributed by atoms with van der Waals surface area (Å²) in [7, 11) is -4.03. The van der Waals surface area contributed by atoms with Crippen molar-refractivity contribution < 1.29 is 18.0 Å². The van der Waals surface area contributed by atoms with Crippen LogP contribution in [0.1, 0.15) is 17.3 Å². The Kier molecular flexibility index (Phi) is 4.18. The maximum atomic E-state index is 12.6. The van der Waals surface area contributed by atoms with Crippen molar-refractivity contribution in [3.05, 3.63) is 58.6 Å². The van der Waals surface area contributed by atoms with Gasteiger partial charge in [0.15, 0.2) is 0 Å². The molecular weight excluding hydrogens is 396 g/mol. The quantitative estimate of drug-likeness (QED) is 0.845. The Morgan fingerprint density at radius 1 is 1.17 bits per heavy atom. The first-order valence-corrected chi connectivity index (χ1v) is 9.30. The Labute approximate surface area is 147 Å². The second-order valence-electron chi connectivity index (χ2n) is 5.28. The van der Waals surface area contributed by atoms with Crippen molar-refractivity contribution in [3.63, 3.8) is 0 Å². The van der Waals surface area contributed by atoms with Crippen molar-refractivity contribution in [2.45, 2.75) is 17.9 Å². The van der Waals surface area contributed by atoms with Crippen LogP contribution in [0.25, 0.3) is 0 Å². The molecule has 124 valence electrons. The fraction of sp³-hybridized carbons (Fsp3) is 0.125. The second kappa shape index (κ2) is 6.03. The number of anilines is 1. The van der Waals surface area contributed by atoms with Crippen molar-refractivity contribution in [3.8, 4) is 0 Å². The van der Waals surface area contributed by atoms with Gasteiger partial charge in [-0.1, -0.05) is 34.1 Å². The minimum atomic E-state index is -4.03. The molecule has 1 N–H and O–H groups in total. The predicted octanol–water partition coefficient (Wildman–Crippen LogP) is 2.62. The molecule has 1 aliphatic heterocycles. The highest BCUT2D eigenvalue weighted by Crippen LogP contribution is 2.32. The number of amides is 2. The van der Waals surface area contributed by atoms with Crippen LogP contribution in [0.15, 0.2) is 57.9 Å². The van der Waals surface area contributed by atoms with Crippen molar-refractivity contribution in [1.29, 1.82) is 0 Å². The lowest BCUT2D eigenvalue weighted by Crippen LogP contribution is -2.45. The lowest BCUT2D eigenvalue weighted by Gasteiger charge is -2.22. The molecule has 0 radical (unpaired) electrons. The summed E-state index contributed by atoms with van der Waals surface area (Å²) in [5.74, 6) is -1.28. The van der Waals surface area contributed by atoms with E-state index in [2.05, 4.69) is 21.2 Å². The van der Waals surface area contributed by atoms with E-state index in [1.165, 1.54) is 19.1 Å². The lowest BCUT2D eigenvalue weighted by molar-refractivity contribution is -0.118. The molecule has 0 fully saturated rings. The van der Waals surface area contributed by atoms with Gasteiger partial charge in [0, 0.05) is 10.2 Å². The fourth-order valence-electron chi connectivity index (χ4n) is 2.51. The Hall–Kier alpha value is -2.19. The molecule has 0 aromatic heterocycles. The SMILES string of the molecule is C[C@@H](C(=O)Nc1cccc(Br)c1)N1C(=O)c2ccccc2S1(=O)=O. The number of carbonyl (C=O) groups excluding carboxylic acids is 2. The van der Waals surface area contributed by atoms with E-state index in [4.69, 9.17) is 0 Å². The number of halogens is 1. The van der Waals surface area contributed by atoms with Gasteiger partial charge in [-0.05, 0) is 37.3 Å². The van der Waals surface area contributed by atoms with E-state index < -0.39 is 27.9 Å². The summed E-state index contributed by atoms with van der Waals surface area (Å²) < 4.78 is 26.5. The molecule has 1 heterocycles. The second-order valence-corrected chi connectivity index (χ2v) is 7.98. The van der Waals surface area contributed by atoms with Gasteiger partial charge in [0.25, 0.3) is 15.9 Å². The standard InChI is InChI=1S/C16H13BrN2O4S/c1-10(15(20)18-12-6-4-5-11(17)9-12)19-16(21)13-7-2-3-8-14(13)24(19,22)23/h2-10H,1H3,(H,18,20)/t10-/m0/s1. The van der Waals surface area contributed by atoms with E-state index in [0.29, 0.717) is 9.99 Å². The minimum absolute atomic E-state index is 0.0721. The fourth-order valence-corrected chi connectivity index (χ4v) is 4.63. The normalized spacial score (nSPS) is 16.6. The van der Waals surface area contributed by atoms with Crippen LogP contribution in [-0.4, -0.2) is 30.6 Å². The van der Waals surface area contributed by atoms with Crippen LogP contribution in [-0.2, 0) is 14.8 Å². The van der Waals surface area contributed by atoms with Gasteiger partial charge in [-0.3, -0.25) is 9.59 Å². The molecule has 2 amide bonds. The molecule has 1 aliphatic rings. The number of fused-ring (bicyclic) bond motifs is 1. The van der Waals surface area contributed by atoms with Gasteiger partial charge in [-0.2, -0.15) is 0 Å². The van der Waals surface area contributed by atoms with E-state index in [9.17, 15) is 18.0 Å². The van der Waals surface area contributed by atoms with Gasteiger partial charge in [-0.15, -0.1) is 0 Å². The predicted molar refractivity (Wildman–Crippen MR) is 92.0 cm³/mol. The molecule has 0 spiro atoms. The first-order chi connectivity index (χ1) is 11.3. The van der Waals surface area contributed by atoms with E-state index >= 15 is 0 Å². The molecule has 6 nitrogen and oxygen atoms in total. The summed E-state index contributed by atoms with van der Waals surface area (Å²) in [5.41, 5.74) is 0.586. The van der Waals surface area contributed by atoms with Crippen molar-refractivity contribution in [2.75, 3.05) is 5.32 Å². The van der Waals surface area contributed by atoms with E-state index in [-0.39, 0.29) is 10.5 Å². The summed E-state index contributed by atoms with van der Waals surface area (Å²) in [6, 6.07) is 11.6. The van der Waals surface area contributed by atoms with Gasteiger partial charge in [0.05, 0.1) is 5.56 Å². The number of rotatable bonds is 3. The topological polar surface area (TPSA) is 83.6 Å². The summed E-state index contributed by atoms with van der Waals surface area (Å²) >= 11 is 3.29. The molecule has 3 rings (SSSR count). The van der Waals surface area contributed by atoms with Crippen LogP contribution in [0.2, 0.25) is 0 Å². The number of carbonyl (C=O) groups is 2. The van der Waals surface area contributed by atoms with E-state index in [1.807, 2.05) is 0 Å². The molecular formula is C16H13BrN2O4S. The van der Waals surface area contributed by atoms with Crippen molar-refractivity contribution >= 4 is 43.5 Å². The first-order valence-electron chi connectivity index (χ1n) is 7.06. The zero-order valence-electron chi connectivity index (χ0n) is 12.6. The Balaban J connectivity index is 1.89. The third kappa shape index (κ3) is 2.71. The summed E-state index contributed by atoms with van der Waals surface area (Å²) in [4.78, 5) is 24.8. The smallest absolute Gasteiger partial charge is 0.269 e. The minimum Gasteiger partial charge on any atom is -0.324 e. The molecule has 1 atom stereocenters. The van der Waals surface area contributed by atoms with Crippen LogP contribution in [0, 0.1) is 0 Å². The molecule has 2 aromatic carbocycles. The molecule has 2 aromatic rings. The largest absolute Gasteiger partial charge is 0.324 e. The molecule has 24 heavy (non-hydrogen) atoms. The first kappa shape index (κ1) is 16.7. The van der Waals surface area contributed by atoms with Gasteiger partial charge in [-0.25, -0.2) is 12.7 Å². The van der Waals surface area contributed by atoms with Gasteiger partial charge >= 0.3 is 0 Å². The Morgan fingerprint density at radius 2 is 1.88 bits per heavy atom. The number of hydrogen-bond donors (Lipinski definition) is 1. The molecule has 0 aliphatic carbocycles. The Morgan fingerprint density at radius 3 is 2.54 bits per heavy atom. The molecule has 8 heteroatoms. The summed E-state index contributed by atoms with van der Waals surface area (Å²) in [5, 5.41) is 2.62. The van der Waals surface area contributed by atoms with Crippen LogP contribution in [0.4, 0.5) is 5.69 Å².